The van der Waals surface area contributed by atoms with Crippen LogP contribution in [0, 0.1) is 18.8 Å². The lowest BCUT2D eigenvalue weighted by Crippen LogP contribution is -2.33. The molecule has 4 nitrogen and oxygen atoms in total. The van der Waals surface area contributed by atoms with Crippen LogP contribution >= 0.6 is 11.8 Å². The van der Waals surface area contributed by atoms with E-state index in [2.05, 4.69) is 11.8 Å². The summed E-state index contributed by atoms with van der Waals surface area (Å²) < 4.78 is 27.3. The monoisotopic (exact) mass is 324 g/mol. The Bertz CT molecular complexity index is 652. The third-order valence-electron chi connectivity index (χ3n) is 3.26. The average Bonchev–Trinajstić information content (AvgIpc) is 2.74. The zero-order chi connectivity index (χ0) is 15.3. The lowest BCUT2D eigenvalue weighted by atomic mass is 10.1. The lowest BCUT2D eigenvalue weighted by Gasteiger charge is -2.20. The minimum Gasteiger partial charge on any atom is -0.320 e. The summed E-state index contributed by atoms with van der Waals surface area (Å²) in [4.78, 5) is 0.293. The van der Waals surface area contributed by atoms with Crippen LogP contribution in [-0.4, -0.2) is 43.9 Å². The number of benzene rings is 1. The van der Waals surface area contributed by atoms with Gasteiger partial charge in [-0.1, -0.05) is 17.9 Å². The molecular weight excluding hydrogens is 304 g/mol. The Morgan fingerprint density at radius 3 is 2.90 bits per heavy atom. The second kappa shape index (κ2) is 7.32. The van der Waals surface area contributed by atoms with E-state index < -0.39 is 10.0 Å². The minimum atomic E-state index is -3.49. The Morgan fingerprint density at radius 1 is 1.33 bits per heavy atom. The summed E-state index contributed by atoms with van der Waals surface area (Å²) in [5, 5.41) is 0. The number of sulfonamides is 1. The number of nitrogens with zero attached hydrogens (tertiary/aromatic N) is 1. The van der Waals surface area contributed by atoms with Crippen molar-refractivity contribution < 1.29 is 8.42 Å². The van der Waals surface area contributed by atoms with E-state index >= 15 is 0 Å². The molecule has 1 fully saturated rings. The number of hydrogen-bond acceptors (Lipinski definition) is 4. The van der Waals surface area contributed by atoms with E-state index in [1.54, 1.807) is 22.1 Å². The summed E-state index contributed by atoms with van der Waals surface area (Å²) in [5.74, 6) is 7.49. The van der Waals surface area contributed by atoms with Gasteiger partial charge in [-0.2, -0.15) is 16.1 Å². The van der Waals surface area contributed by atoms with Crippen LogP contribution in [0.25, 0.3) is 0 Å². The molecule has 0 unspecified atom stereocenters. The van der Waals surface area contributed by atoms with Crippen molar-refractivity contribution in [2.75, 3.05) is 31.1 Å². The van der Waals surface area contributed by atoms with Crippen molar-refractivity contribution in [2.24, 2.45) is 5.73 Å². The van der Waals surface area contributed by atoms with Crippen molar-refractivity contribution in [3.63, 3.8) is 0 Å². The summed E-state index contributed by atoms with van der Waals surface area (Å²) in [6.45, 7) is 3.28. The molecule has 1 aromatic carbocycles. The van der Waals surface area contributed by atoms with Crippen molar-refractivity contribution >= 4 is 21.8 Å². The van der Waals surface area contributed by atoms with Gasteiger partial charge in [0.25, 0.3) is 0 Å². The van der Waals surface area contributed by atoms with E-state index in [0.29, 0.717) is 23.5 Å². The van der Waals surface area contributed by atoms with Gasteiger partial charge in [0.2, 0.25) is 10.0 Å². The van der Waals surface area contributed by atoms with Gasteiger partial charge in [0, 0.05) is 24.4 Å². The molecule has 21 heavy (non-hydrogen) atoms. The van der Waals surface area contributed by atoms with Gasteiger partial charge >= 0.3 is 0 Å². The highest BCUT2D eigenvalue weighted by atomic mass is 32.2. The maximum atomic E-state index is 12.9. The predicted octanol–water partition coefficient (Wildman–Crippen LogP) is 1.43. The van der Waals surface area contributed by atoms with E-state index in [4.69, 9.17) is 5.73 Å². The topological polar surface area (TPSA) is 63.4 Å². The fourth-order valence-corrected chi connectivity index (χ4v) is 4.82. The van der Waals surface area contributed by atoms with Gasteiger partial charge in [0.1, 0.15) is 0 Å². The molecule has 6 heteroatoms. The molecule has 1 saturated heterocycles. The van der Waals surface area contributed by atoms with Gasteiger partial charge in [-0.05, 0) is 36.8 Å². The van der Waals surface area contributed by atoms with Crippen LogP contribution in [0.4, 0.5) is 0 Å². The molecule has 1 heterocycles. The Labute approximate surface area is 131 Å². The van der Waals surface area contributed by atoms with Crippen LogP contribution in [0.3, 0.4) is 0 Å². The van der Waals surface area contributed by atoms with Crippen LogP contribution in [0.1, 0.15) is 17.5 Å². The minimum absolute atomic E-state index is 0.216. The molecule has 114 valence electrons. The highest BCUT2D eigenvalue weighted by molar-refractivity contribution is 7.99. The summed E-state index contributed by atoms with van der Waals surface area (Å²) in [6.07, 6.45) is 0.888. The van der Waals surface area contributed by atoms with Crippen LogP contribution in [0.5, 0.6) is 0 Å². The molecule has 0 atom stereocenters. The summed E-state index contributed by atoms with van der Waals surface area (Å²) in [5.41, 5.74) is 6.93. The van der Waals surface area contributed by atoms with Gasteiger partial charge in [0.05, 0.1) is 11.4 Å². The van der Waals surface area contributed by atoms with Crippen molar-refractivity contribution in [1.29, 1.82) is 0 Å². The summed E-state index contributed by atoms with van der Waals surface area (Å²) >= 11 is 1.80. The molecule has 0 spiro atoms. The molecule has 0 aliphatic carbocycles. The van der Waals surface area contributed by atoms with E-state index in [1.807, 2.05) is 19.1 Å². The quantitative estimate of drug-likeness (QED) is 0.836. The molecule has 0 radical (unpaired) electrons. The maximum Gasteiger partial charge on any atom is 0.244 e. The first-order chi connectivity index (χ1) is 10.1. The molecule has 1 aromatic rings. The summed E-state index contributed by atoms with van der Waals surface area (Å²) in [7, 11) is -3.49. The molecule has 1 aliphatic rings. The van der Waals surface area contributed by atoms with Crippen molar-refractivity contribution in [1.82, 2.24) is 4.31 Å². The van der Waals surface area contributed by atoms with Crippen molar-refractivity contribution in [3.8, 4) is 11.8 Å². The van der Waals surface area contributed by atoms with Crippen LogP contribution in [-0.2, 0) is 10.0 Å². The Hall–Kier alpha value is -1.00. The fraction of sp³-hybridized carbons (Fsp3) is 0.467. The molecule has 0 amide bonds. The van der Waals surface area contributed by atoms with E-state index in [1.165, 1.54) is 0 Å². The summed E-state index contributed by atoms with van der Waals surface area (Å²) in [6, 6.07) is 5.28. The van der Waals surface area contributed by atoms with E-state index in [9.17, 15) is 8.42 Å². The Kier molecular flexibility index (Phi) is 5.71. The maximum absolute atomic E-state index is 12.9. The number of rotatable bonds is 2. The van der Waals surface area contributed by atoms with Gasteiger partial charge in [-0.3, -0.25) is 0 Å². The Morgan fingerprint density at radius 2 is 2.14 bits per heavy atom. The fourth-order valence-electron chi connectivity index (χ4n) is 2.22. The highest BCUT2D eigenvalue weighted by Gasteiger charge is 2.27. The number of aryl methyl sites for hydroxylation is 1. The van der Waals surface area contributed by atoms with Crippen LogP contribution in [0.15, 0.2) is 23.1 Å². The predicted molar refractivity (Wildman–Crippen MR) is 87.8 cm³/mol. The molecule has 0 saturated carbocycles. The molecule has 0 aromatic heterocycles. The zero-order valence-electron chi connectivity index (χ0n) is 12.1. The lowest BCUT2D eigenvalue weighted by molar-refractivity contribution is 0.435. The number of hydrogen-bond donors (Lipinski definition) is 1. The van der Waals surface area contributed by atoms with Gasteiger partial charge in [-0.15, -0.1) is 0 Å². The first-order valence-corrected chi connectivity index (χ1v) is 9.52. The largest absolute Gasteiger partial charge is 0.320 e. The first kappa shape index (κ1) is 16.4. The molecule has 0 bridgehead atoms. The standard InChI is InChI=1S/C15H20N2O2S2/c1-13-5-6-15(14(12-13)4-2-7-16)21(18,19)17-8-3-10-20-11-9-17/h5-6,12H,3,7-11,16H2,1H3. The van der Waals surface area contributed by atoms with Crippen molar-refractivity contribution in [3.05, 3.63) is 29.3 Å². The van der Waals surface area contributed by atoms with E-state index in [0.717, 1.165) is 23.5 Å². The smallest absolute Gasteiger partial charge is 0.244 e. The van der Waals surface area contributed by atoms with Crippen LogP contribution in [0.2, 0.25) is 0 Å². The zero-order valence-corrected chi connectivity index (χ0v) is 13.8. The normalized spacial score (nSPS) is 16.9. The van der Waals surface area contributed by atoms with Gasteiger partial charge < -0.3 is 5.73 Å². The average molecular weight is 324 g/mol. The van der Waals surface area contributed by atoms with E-state index in [-0.39, 0.29) is 6.54 Å². The Balaban J connectivity index is 2.43. The first-order valence-electron chi connectivity index (χ1n) is 6.93. The molecule has 2 N–H and O–H groups in total. The van der Waals surface area contributed by atoms with Gasteiger partial charge in [-0.25, -0.2) is 8.42 Å². The molecular formula is C15H20N2O2S2. The van der Waals surface area contributed by atoms with Gasteiger partial charge in [0.15, 0.2) is 0 Å². The van der Waals surface area contributed by atoms with Crippen molar-refractivity contribution in [2.45, 2.75) is 18.2 Å². The molecule has 1 aliphatic heterocycles. The molecule has 2 rings (SSSR count). The number of nitrogens with two attached hydrogens (primary N) is 1. The third kappa shape index (κ3) is 4.01. The second-order valence-electron chi connectivity index (χ2n) is 4.88. The SMILES string of the molecule is Cc1ccc(S(=O)(=O)N2CCCSCC2)c(C#CCN)c1. The number of thioether (sulfide) groups is 1. The van der Waals surface area contributed by atoms with Crippen LogP contribution < -0.4 is 5.73 Å². The highest BCUT2D eigenvalue weighted by Crippen LogP contribution is 2.23. The third-order valence-corrected chi connectivity index (χ3v) is 6.26. The second-order valence-corrected chi connectivity index (χ2v) is 8.01.